The summed E-state index contributed by atoms with van der Waals surface area (Å²) in [7, 11) is 3.09. The highest BCUT2D eigenvalue weighted by Crippen LogP contribution is 2.46. The van der Waals surface area contributed by atoms with Crippen LogP contribution < -0.4 is 19.1 Å². The van der Waals surface area contributed by atoms with Crippen LogP contribution in [-0.4, -0.2) is 42.7 Å². The van der Waals surface area contributed by atoms with Gasteiger partial charge < -0.3 is 24.4 Å². The molecule has 1 atom stereocenters. The maximum atomic E-state index is 13.6. The molecule has 8 heteroatoms. The van der Waals surface area contributed by atoms with Crippen molar-refractivity contribution in [3.63, 3.8) is 0 Å². The van der Waals surface area contributed by atoms with Crippen molar-refractivity contribution in [1.82, 2.24) is 0 Å². The van der Waals surface area contributed by atoms with Crippen molar-refractivity contribution in [2.75, 3.05) is 25.7 Å². The second-order valence-electron chi connectivity index (χ2n) is 9.62. The normalized spacial score (nSPS) is 16.6. The number of nitrogens with zero attached hydrogens (tertiary/aromatic N) is 1. The molecule has 2 N–H and O–H groups in total. The minimum atomic E-state index is -1.05. The van der Waals surface area contributed by atoms with Gasteiger partial charge in [0.15, 0.2) is 11.5 Å². The molecule has 0 aliphatic carbocycles. The van der Waals surface area contributed by atoms with E-state index in [1.54, 1.807) is 55.6 Å². The van der Waals surface area contributed by atoms with Crippen LogP contribution >= 0.6 is 0 Å². The number of anilines is 1. The van der Waals surface area contributed by atoms with E-state index >= 15 is 0 Å². The zero-order valence-electron chi connectivity index (χ0n) is 22.9. The van der Waals surface area contributed by atoms with Gasteiger partial charge in [0.05, 0.1) is 38.1 Å². The Morgan fingerprint density at radius 1 is 0.949 bits per heavy atom. The molecule has 4 rings (SSSR count). The second-order valence-corrected chi connectivity index (χ2v) is 9.62. The van der Waals surface area contributed by atoms with Crippen molar-refractivity contribution in [3.05, 3.63) is 82.4 Å². The Morgan fingerprint density at radius 2 is 1.64 bits per heavy atom. The van der Waals surface area contributed by atoms with Gasteiger partial charge in [-0.1, -0.05) is 26.0 Å². The van der Waals surface area contributed by atoms with E-state index in [0.29, 0.717) is 35.0 Å². The van der Waals surface area contributed by atoms with E-state index in [2.05, 4.69) is 0 Å². The Kier molecular flexibility index (Phi) is 7.85. The summed E-state index contributed by atoms with van der Waals surface area (Å²) in [6.07, 6.45) is 0. The SMILES string of the molecule is CCOc1cc(C2/C(=C(\O)c3ccc(OC)c(C(C)C)c3)C(=O)C(=O)N2c2cc(C)ccc2O)ccc1OC. The molecule has 0 aromatic heterocycles. The fourth-order valence-corrected chi connectivity index (χ4v) is 4.84. The Labute approximate surface area is 228 Å². The minimum absolute atomic E-state index is 0.0745. The molecular formula is C31H33NO7. The molecule has 1 fully saturated rings. The Hall–Kier alpha value is -4.46. The standard InChI is InChI=1S/C31H33NO7/c1-7-39-26-16-19(9-13-25(26)38-6)28-27(29(34)20-10-12-24(37-5)21(15-20)17(2)3)30(35)31(36)32(28)22-14-18(4)8-11-23(22)33/h8-17,28,33-34H,7H2,1-6H3/b29-27+. The van der Waals surface area contributed by atoms with Crippen LogP contribution in [0.2, 0.25) is 0 Å². The third-order valence-corrected chi connectivity index (χ3v) is 6.76. The first-order valence-corrected chi connectivity index (χ1v) is 12.7. The minimum Gasteiger partial charge on any atom is -0.507 e. The van der Waals surface area contributed by atoms with Crippen LogP contribution in [0.25, 0.3) is 5.76 Å². The van der Waals surface area contributed by atoms with Gasteiger partial charge in [0.25, 0.3) is 11.7 Å². The van der Waals surface area contributed by atoms with E-state index in [-0.39, 0.29) is 28.7 Å². The molecule has 1 unspecified atom stereocenters. The number of benzene rings is 3. The number of methoxy groups -OCH3 is 2. The lowest BCUT2D eigenvalue weighted by Gasteiger charge is -2.27. The molecular weight excluding hydrogens is 498 g/mol. The van der Waals surface area contributed by atoms with E-state index in [0.717, 1.165) is 11.1 Å². The summed E-state index contributed by atoms with van der Waals surface area (Å²) in [6, 6.07) is 14.0. The van der Waals surface area contributed by atoms with E-state index in [1.165, 1.54) is 18.1 Å². The van der Waals surface area contributed by atoms with E-state index in [9.17, 15) is 19.8 Å². The molecule has 0 radical (unpaired) electrons. The zero-order chi connectivity index (χ0) is 28.4. The number of aryl methyl sites for hydroxylation is 1. The Morgan fingerprint density at radius 3 is 2.28 bits per heavy atom. The van der Waals surface area contributed by atoms with Gasteiger partial charge in [0.2, 0.25) is 0 Å². The fraction of sp³-hybridized carbons (Fsp3) is 0.290. The molecule has 204 valence electrons. The number of hydrogen-bond donors (Lipinski definition) is 2. The van der Waals surface area contributed by atoms with Crippen molar-refractivity contribution in [1.29, 1.82) is 0 Å². The number of Topliss-reactive ketones (excluding diaryl/α,β-unsaturated/α-hetero) is 1. The van der Waals surface area contributed by atoms with E-state index in [1.807, 2.05) is 27.7 Å². The predicted molar refractivity (Wildman–Crippen MR) is 149 cm³/mol. The molecule has 3 aromatic carbocycles. The Balaban J connectivity index is 2.01. The van der Waals surface area contributed by atoms with Gasteiger partial charge >= 0.3 is 0 Å². The molecule has 39 heavy (non-hydrogen) atoms. The average molecular weight is 532 g/mol. The Bertz CT molecular complexity index is 1460. The first-order chi connectivity index (χ1) is 18.6. The number of ketones is 1. The zero-order valence-corrected chi connectivity index (χ0v) is 22.9. The van der Waals surface area contributed by atoms with Crippen LogP contribution in [0.5, 0.6) is 23.0 Å². The molecule has 1 aliphatic rings. The van der Waals surface area contributed by atoms with E-state index in [4.69, 9.17) is 14.2 Å². The molecule has 0 spiro atoms. The summed E-state index contributed by atoms with van der Waals surface area (Å²) in [5.74, 6) is -0.604. The maximum Gasteiger partial charge on any atom is 0.300 e. The molecule has 3 aromatic rings. The largest absolute Gasteiger partial charge is 0.507 e. The number of phenolic OH excluding ortho intramolecular Hbond substituents is 1. The highest BCUT2D eigenvalue weighted by atomic mass is 16.5. The number of aliphatic hydroxyl groups excluding tert-OH is 1. The summed E-state index contributed by atoms with van der Waals surface area (Å²) in [6.45, 7) is 8.00. The van der Waals surface area contributed by atoms with Gasteiger partial charge in [-0.2, -0.15) is 0 Å². The number of rotatable bonds is 8. The summed E-state index contributed by atoms with van der Waals surface area (Å²) in [4.78, 5) is 28.4. The topological polar surface area (TPSA) is 106 Å². The summed E-state index contributed by atoms with van der Waals surface area (Å²) in [5.41, 5.74) is 2.55. The third kappa shape index (κ3) is 5.02. The number of phenols is 1. The lowest BCUT2D eigenvalue weighted by atomic mass is 9.92. The lowest BCUT2D eigenvalue weighted by molar-refractivity contribution is -0.132. The van der Waals surface area contributed by atoms with Crippen molar-refractivity contribution in [3.8, 4) is 23.0 Å². The van der Waals surface area contributed by atoms with Crippen LogP contribution in [0.15, 0.2) is 60.2 Å². The molecule has 1 saturated heterocycles. The van der Waals surface area contributed by atoms with Crippen LogP contribution in [0.1, 0.15) is 55.0 Å². The first-order valence-electron chi connectivity index (χ1n) is 12.7. The van der Waals surface area contributed by atoms with Gasteiger partial charge in [0, 0.05) is 5.56 Å². The fourth-order valence-electron chi connectivity index (χ4n) is 4.84. The number of carbonyl (C=O) groups excluding carboxylic acids is 2. The van der Waals surface area contributed by atoms with Gasteiger partial charge in [-0.3, -0.25) is 14.5 Å². The number of amides is 1. The number of aromatic hydroxyl groups is 1. The van der Waals surface area contributed by atoms with Gasteiger partial charge in [-0.05, 0) is 78.9 Å². The predicted octanol–water partition coefficient (Wildman–Crippen LogP) is 5.87. The maximum absolute atomic E-state index is 13.6. The first kappa shape index (κ1) is 27.6. The van der Waals surface area contributed by atoms with Crippen molar-refractivity contribution in [2.45, 2.75) is 39.7 Å². The van der Waals surface area contributed by atoms with Crippen LogP contribution in [0.3, 0.4) is 0 Å². The highest BCUT2D eigenvalue weighted by Gasteiger charge is 2.48. The van der Waals surface area contributed by atoms with Crippen LogP contribution in [-0.2, 0) is 9.59 Å². The average Bonchev–Trinajstić information content (AvgIpc) is 3.19. The van der Waals surface area contributed by atoms with Crippen LogP contribution in [0.4, 0.5) is 5.69 Å². The molecule has 8 nitrogen and oxygen atoms in total. The summed E-state index contributed by atoms with van der Waals surface area (Å²) >= 11 is 0. The van der Waals surface area contributed by atoms with Crippen molar-refractivity contribution >= 4 is 23.1 Å². The highest BCUT2D eigenvalue weighted by molar-refractivity contribution is 6.52. The summed E-state index contributed by atoms with van der Waals surface area (Å²) < 4.78 is 16.6. The molecule has 1 heterocycles. The molecule has 1 amide bonds. The number of carbonyl (C=O) groups is 2. The van der Waals surface area contributed by atoms with Gasteiger partial charge in [-0.25, -0.2) is 0 Å². The number of ether oxygens (including phenoxy) is 3. The quantitative estimate of drug-likeness (QED) is 0.213. The molecule has 0 saturated carbocycles. The van der Waals surface area contributed by atoms with E-state index < -0.39 is 17.7 Å². The molecule has 1 aliphatic heterocycles. The lowest BCUT2D eigenvalue weighted by Crippen LogP contribution is -2.29. The third-order valence-electron chi connectivity index (χ3n) is 6.76. The van der Waals surface area contributed by atoms with Crippen LogP contribution in [0, 0.1) is 6.92 Å². The summed E-state index contributed by atoms with van der Waals surface area (Å²) in [5, 5.41) is 22.3. The van der Waals surface area contributed by atoms with Gasteiger partial charge in [-0.15, -0.1) is 0 Å². The number of aliphatic hydroxyl groups is 1. The van der Waals surface area contributed by atoms with Crippen molar-refractivity contribution in [2.24, 2.45) is 0 Å². The smallest absolute Gasteiger partial charge is 0.300 e. The monoisotopic (exact) mass is 531 g/mol. The second kappa shape index (κ2) is 11.1. The van der Waals surface area contributed by atoms with Crippen molar-refractivity contribution < 1.29 is 34.0 Å². The van der Waals surface area contributed by atoms with Gasteiger partial charge in [0.1, 0.15) is 17.3 Å². The number of hydrogen-bond acceptors (Lipinski definition) is 7. The molecule has 0 bridgehead atoms.